The Bertz CT molecular complexity index is 855. The lowest BCUT2D eigenvalue weighted by molar-refractivity contribution is 0.0909. The molecule has 1 saturated carbocycles. The Morgan fingerprint density at radius 1 is 1.24 bits per heavy atom. The number of nitrogen functional groups attached to an aromatic ring is 1. The molecule has 4 rings (SSSR count). The van der Waals surface area contributed by atoms with Gasteiger partial charge in [0.1, 0.15) is 11.6 Å². The molecule has 0 aromatic carbocycles. The molecule has 1 amide bonds. The number of hydrogen-bond acceptors (Lipinski definition) is 5. The number of nitrogens with zero attached hydrogens (tertiary/aromatic N) is 2. The Labute approximate surface area is 147 Å². The highest BCUT2D eigenvalue weighted by atomic mass is 16.2. The van der Waals surface area contributed by atoms with Crippen molar-refractivity contribution in [2.45, 2.75) is 51.5 Å². The van der Waals surface area contributed by atoms with Crippen molar-refractivity contribution < 1.29 is 4.79 Å². The first-order valence-corrected chi connectivity index (χ1v) is 8.83. The van der Waals surface area contributed by atoms with E-state index in [0.717, 1.165) is 59.6 Å². The molecule has 2 aliphatic rings. The van der Waals surface area contributed by atoms with E-state index >= 15 is 0 Å². The van der Waals surface area contributed by atoms with Crippen LogP contribution in [0.2, 0.25) is 0 Å². The molecule has 2 aromatic rings. The summed E-state index contributed by atoms with van der Waals surface area (Å²) in [7, 11) is 0. The molecule has 0 unspecified atom stereocenters. The van der Waals surface area contributed by atoms with E-state index in [0.29, 0.717) is 5.82 Å². The van der Waals surface area contributed by atoms with Crippen molar-refractivity contribution in [2.24, 2.45) is 0 Å². The molecule has 0 saturated heterocycles. The molecule has 6 heteroatoms. The Hall–Kier alpha value is -2.63. The van der Waals surface area contributed by atoms with E-state index < -0.39 is 0 Å². The first-order chi connectivity index (χ1) is 12.0. The molecular formula is C19H23N5O. The number of anilines is 3. The Kier molecular flexibility index (Phi) is 3.63. The van der Waals surface area contributed by atoms with Gasteiger partial charge in [-0.3, -0.25) is 4.79 Å². The number of rotatable bonds is 2. The molecule has 25 heavy (non-hydrogen) atoms. The lowest BCUT2D eigenvalue weighted by Crippen LogP contribution is -2.40. The Balaban J connectivity index is 1.77. The van der Waals surface area contributed by atoms with E-state index in [-0.39, 0.29) is 11.4 Å². The van der Waals surface area contributed by atoms with Crippen molar-refractivity contribution in [1.29, 1.82) is 0 Å². The molecule has 3 heterocycles. The third-order valence-corrected chi connectivity index (χ3v) is 5.51. The number of amides is 1. The van der Waals surface area contributed by atoms with Crippen LogP contribution >= 0.6 is 0 Å². The fourth-order valence-corrected chi connectivity index (χ4v) is 4.12. The van der Waals surface area contributed by atoms with Crippen molar-refractivity contribution in [2.75, 3.05) is 11.1 Å². The standard InChI is InChI=1S/C19H23N5O/c1-11-14(6-9-21-17(11)20)23-15-10-13-16(12(2)22-15)18(25)24-19(13)7-4-3-5-8-19/h6,9-10H,3-5,7-8H2,1-2H3,(H,24,25)(H3,20,21,22,23). The maximum Gasteiger partial charge on any atom is 0.254 e. The lowest BCUT2D eigenvalue weighted by atomic mass is 9.77. The predicted molar refractivity (Wildman–Crippen MR) is 97.9 cm³/mol. The summed E-state index contributed by atoms with van der Waals surface area (Å²) in [5.74, 6) is 1.26. The quantitative estimate of drug-likeness (QED) is 0.781. The summed E-state index contributed by atoms with van der Waals surface area (Å²) in [4.78, 5) is 21.2. The molecule has 1 fully saturated rings. The summed E-state index contributed by atoms with van der Waals surface area (Å²) in [5.41, 5.74) is 10.1. The van der Waals surface area contributed by atoms with Gasteiger partial charge in [-0.25, -0.2) is 9.97 Å². The number of nitrogens with one attached hydrogen (secondary N) is 2. The second-order valence-electron chi connectivity index (χ2n) is 7.11. The smallest absolute Gasteiger partial charge is 0.254 e. The fraction of sp³-hybridized carbons (Fsp3) is 0.421. The second kappa shape index (κ2) is 5.72. The first-order valence-electron chi connectivity index (χ1n) is 8.83. The van der Waals surface area contributed by atoms with Gasteiger partial charge in [0.25, 0.3) is 5.91 Å². The van der Waals surface area contributed by atoms with Crippen molar-refractivity contribution in [3.8, 4) is 0 Å². The van der Waals surface area contributed by atoms with Crippen LogP contribution in [-0.2, 0) is 5.54 Å². The minimum Gasteiger partial charge on any atom is -0.383 e. The first kappa shape index (κ1) is 15.9. The van der Waals surface area contributed by atoms with E-state index in [2.05, 4.69) is 20.6 Å². The third-order valence-electron chi connectivity index (χ3n) is 5.51. The van der Waals surface area contributed by atoms with Gasteiger partial charge in [0.05, 0.1) is 16.8 Å². The second-order valence-corrected chi connectivity index (χ2v) is 7.11. The van der Waals surface area contributed by atoms with Gasteiger partial charge in [-0.05, 0) is 44.4 Å². The molecule has 6 nitrogen and oxygen atoms in total. The van der Waals surface area contributed by atoms with Gasteiger partial charge in [0.15, 0.2) is 0 Å². The number of nitrogens with two attached hydrogens (primary N) is 1. The monoisotopic (exact) mass is 337 g/mol. The van der Waals surface area contributed by atoms with Crippen LogP contribution in [0.25, 0.3) is 0 Å². The maximum atomic E-state index is 12.5. The maximum absolute atomic E-state index is 12.5. The molecule has 130 valence electrons. The fourth-order valence-electron chi connectivity index (χ4n) is 4.12. The van der Waals surface area contributed by atoms with Crippen LogP contribution in [0.1, 0.15) is 59.3 Å². The van der Waals surface area contributed by atoms with Gasteiger partial charge in [-0.1, -0.05) is 19.3 Å². The average Bonchev–Trinajstić information content (AvgIpc) is 2.85. The van der Waals surface area contributed by atoms with Crippen molar-refractivity contribution in [1.82, 2.24) is 15.3 Å². The van der Waals surface area contributed by atoms with Gasteiger partial charge in [-0.2, -0.15) is 0 Å². The molecule has 4 N–H and O–H groups in total. The van der Waals surface area contributed by atoms with E-state index in [1.54, 1.807) is 6.20 Å². The molecule has 0 atom stereocenters. The highest BCUT2D eigenvalue weighted by Crippen LogP contribution is 2.44. The van der Waals surface area contributed by atoms with Gasteiger partial charge in [0, 0.05) is 17.4 Å². The Morgan fingerprint density at radius 2 is 2.00 bits per heavy atom. The molecule has 1 aliphatic heterocycles. The molecular weight excluding hydrogens is 314 g/mol. The number of carbonyl (C=O) groups is 1. The predicted octanol–water partition coefficient (Wildman–Crippen LogP) is 3.32. The van der Waals surface area contributed by atoms with E-state index in [1.807, 2.05) is 26.0 Å². The highest BCUT2D eigenvalue weighted by Gasteiger charge is 2.44. The zero-order valence-electron chi connectivity index (χ0n) is 14.6. The number of pyridine rings is 2. The Morgan fingerprint density at radius 3 is 2.76 bits per heavy atom. The van der Waals surface area contributed by atoms with Gasteiger partial charge >= 0.3 is 0 Å². The lowest BCUT2D eigenvalue weighted by Gasteiger charge is -2.34. The molecule has 0 radical (unpaired) electrons. The van der Waals surface area contributed by atoms with E-state index in [4.69, 9.17) is 5.73 Å². The summed E-state index contributed by atoms with van der Waals surface area (Å²) in [5, 5.41) is 6.60. The number of fused-ring (bicyclic) bond motifs is 2. The van der Waals surface area contributed by atoms with Crippen LogP contribution < -0.4 is 16.4 Å². The number of carbonyl (C=O) groups excluding carboxylic acids is 1. The number of hydrogen-bond donors (Lipinski definition) is 3. The largest absolute Gasteiger partial charge is 0.383 e. The average molecular weight is 337 g/mol. The number of aryl methyl sites for hydroxylation is 1. The number of aromatic nitrogens is 2. The molecule has 2 aromatic heterocycles. The minimum absolute atomic E-state index is 0.0118. The van der Waals surface area contributed by atoms with Gasteiger partial charge in [0.2, 0.25) is 0 Å². The van der Waals surface area contributed by atoms with Crippen LogP contribution in [0.3, 0.4) is 0 Å². The third kappa shape index (κ3) is 2.52. The SMILES string of the molecule is Cc1nc(Nc2ccnc(N)c2C)cc2c1C(=O)NC21CCCCC1. The summed E-state index contributed by atoms with van der Waals surface area (Å²) >= 11 is 0. The van der Waals surface area contributed by atoms with Gasteiger partial charge in [-0.15, -0.1) is 0 Å². The topological polar surface area (TPSA) is 92.9 Å². The van der Waals surface area contributed by atoms with Crippen LogP contribution in [0.15, 0.2) is 18.3 Å². The van der Waals surface area contributed by atoms with Crippen LogP contribution in [-0.4, -0.2) is 15.9 Å². The van der Waals surface area contributed by atoms with Crippen LogP contribution in [0.4, 0.5) is 17.3 Å². The van der Waals surface area contributed by atoms with Crippen molar-refractivity contribution >= 4 is 23.2 Å². The van der Waals surface area contributed by atoms with Gasteiger partial charge < -0.3 is 16.4 Å². The molecule has 1 spiro atoms. The van der Waals surface area contributed by atoms with Crippen LogP contribution in [0, 0.1) is 13.8 Å². The van der Waals surface area contributed by atoms with Crippen LogP contribution in [0.5, 0.6) is 0 Å². The zero-order chi connectivity index (χ0) is 17.6. The molecule has 0 bridgehead atoms. The summed E-state index contributed by atoms with van der Waals surface area (Å²) < 4.78 is 0. The van der Waals surface area contributed by atoms with E-state index in [9.17, 15) is 4.79 Å². The normalized spacial score (nSPS) is 18.1. The minimum atomic E-state index is -0.221. The zero-order valence-corrected chi connectivity index (χ0v) is 14.6. The highest BCUT2D eigenvalue weighted by molar-refractivity contribution is 6.01. The summed E-state index contributed by atoms with van der Waals surface area (Å²) in [6.45, 7) is 3.83. The van der Waals surface area contributed by atoms with Crippen molar-refractivity contribution in [3.63, 3.8) is 0 Å². The molecule has 1 aliphatic carbocycles. The van der Waals surface area contributed by atoms with E-state index in [1.165, 1.54) is 6.42 Å². The summed E-state index contributed by atoms with van der Waals surface area (Å²) in [6.07, 6.45) is 7.19. The summed E-state index contributed by atoms with van der Waals surface area (Å²) in [6, 6.07) is 3.91. The van der Waals surface area contributed by atoms with Crippen molar-refractivity contribution in [3.05, 3.63) is 40.7 Å².